The molecule has 0 saturated carbocycles. The van der Waals surface area contributed by atoms with Crippen molar-refractivity contribution in [2.24, 2.45) is 5.92 Å². The van der Waals surface area contributed by atoms with Gasteiger partial charge in [0.05, 0.1) is 18.2 Å². The molecule has 1 aromatic carbocycles. The Hall–Kier alpha value is -1.53. The van der Waals surface area contributed by atoms with Gasteiger partial charge in [0.15, 0.2) is 0 Å². The summed E-state index contributed by atoms with van der Waals surface area (Å²) in [5.41, 5.74) is 0.675. The lowest BCUT2D eigenvalue weighted by atomic mass is 10.0. The molecule has 1 atom stereocenters. The maximum atomic E-state index is 8.74. The molecule has 0 aliphatic carbocycles. The SMILES string of the molecule is CC(C)C1CCCN1CCCOc1ccc(C#N)cc1. The molecule has 20 heavy (non-hydrogen) atoms. The lowest BCUT2D eigenvalue weighted by Gasteiger charge is -2.27. The summed E-state index contributed by atoms with van der Waals surface area (Å²) >= 11 is 0. The van der Waals surface area contributed by atoms with E-state index in [-0.39, 0.29) is 0 Å². The quantitative estimate of drug-likeness (QED) is 0.744. The van der Waals surface area contributed by atoms with Gasteiger partial charge in [0.1, 0.15) is 5.75 Å². The van der Waals surface area contributed by atoms with Gasteiger partial charge in [0.2, 0.25) is 0 Å². The van der Waals surface area contributed by atoms with Gasteiger partial charge >= 0.3 is 0 Å². The van der Waals surface area contributed by atoms with E-state index in [4.69, 9.17) is 10.00 Å². The van der Waals surface area contributed by atoms with E-state index in [9.17, 15) is 0 Å². The topological polar surface area (TPSA) is 36.3 Å². The fraction of sp³-hybridized carbons (Fsp3) is 0.588. The molecule has 0 amide bonds. The molecule has 1 saturated heterocycles. The van der Waals surface area contributed by atoms with Crippen LogP contribution >= 0.6 is 0 Å². The zero-order chi connectivity index (χ0) is 14.4. The second-order valence-electron chi connectivity index (χ2n) is 5.83. The molecule has 0 aromatic heterocycles. The molecular formula is C17H24N2O. The molecule has 0 spiro atoms. The summed E-state index contributed by atoms with van der Waals surface area (Å²) in [7, 11) is 0. The van der Waals surface area contributed by atoms with Crippen molar-refractivity contribution < 1.29 is 4.74 Å². The number of nitrogens with zero attached hydrogens (tertiary/aromatic N) is 2. The second kappa shape index (κ2) is 7.31. The number of ether oxygens (including phenoxy) is 1. The zero-order valence-electron chi connectivity index (χ0n) is 12.5. The average Bonchev–Trinajstić information content (AvgIpc) is 2.93. The van der Waals surface area contributed by atoms with Gasteiger partial charge in [-0.1, -0.05) is 13.8 Å². The van der Waals surface area contributed by atoms with E-state index in [1.54, 1.807) is 12.1 Å². The molecule has 1 fully saturated rings. The third-order valence-electron chi connectivity index (χ3n) is 4.03. The highest BCUT2D eigenvalue weighted by Gasteiger charge is 2.26. The van der Waals surface area contributed by atoms with E-state index in [0.29, 0.717) is 5.56 Å². The normalized spacial score (nSPS) is 19.2. The number of hydrogen-bond acceptors (Lipinski definition) is 3. The number of nitriles is 1. The van der Waals surface area contributed by atoms with Gasteiger partial charge in [0, 0.05) is 12.6 Å². The smallest absolute Gasteiger partial charge is 0.119 e. The molecule has 3 heteroatoms. The van der Waals surface area contributed by atoms with Crippen LogP contribution in [0.4, 0.5) is 0 Å². The Balaban J connectivity index is 1.69. The van der Waals surface area contributed by atoms with Crippen molar-refractivity contribution in [3.63, 3.8) is 0 Å². The molecule has 1 unspecified atom stereocenters. The average molecular weight is 272 g/mol. The van der Waals surface area contributed by atoms with Crippen LogP contribution in [-0.2, 0) is 0 Å². The van der Waals surface area contributed by atoms with E-state index < -0.39 is 0 Å². The van der Waals surface area contributed by atoms with Gasteiger partial charge in [-0.3, -0.25) is 0 Å². The van der Waals surface area contributed by atoms with Crippen LogP contribution in [0.25, 0.3) is 0 Å². The second-order valence-corrected chi connectivity index (χ2v) is 5.83. The van der Waals surface area contributed by atoms with Crippen LogP contribution in [0.1, 0.15) is 38.7 Å². The van der Waals surface area contributed by atoms with E-state index in [2.05, 4.69) is 24.8 Å². The summed E-state index contributed by atoms with van der Waals surface area (Å²) in [6.45, 7) is 7.73. The number of likely N-dealkylation sites (tertiary alicyclic amines) is 1. The highest BCUT2D eigenvalue weighted by atomic mass is 16.5. The molecule has 3 nitrogen and oxygen atoms in total. The van der Waals surface area contributed by atoms with Gasteiger partial charge in [-0.15, -0.1) is 0 Å². The van der Waals surface area contributed by atoms with E-state index in [0.717, 1.165) is 37.3 Å². The molecule has 1 aromatic rings. The van der Waals surface area contributed by atoms with Crippen LogP contribution in [0.2, 0.25) is 0 Å². The van der Waals surface area contributed by atoms with Crippen LogP contribution in [0.3, 0.4) is 0 Å². The predicted octanol–water partition coefficient (Wildman–Crippen LogP) is 3.45. The van der Waals surface area contributed by atoms with Crippen LogP contribution in [-0.4, -0.2) is 30.6 Å². The third kappa shape index (κ3) is 3.98. The van der Waals surface area contributed by atoms with Crippen LogP contribution in [0.15, 0.2) is 24.3 Å². The first kappa shape index (κ1) is 14.9. The first-order valence-electron chi connectivity index (χ1n) is 7.57. The van der Waals surface area contributed by atoms with Crippen molar-refractivity contribution in [1.82, 2.24) is 4.90 Å². The van der Waals surface area contributed by atoms with Gasteiger partial charge in [-0.25, -0.2) is 0 Å². The molecule has 2 rings (SSSR count). The summed E-state index contributed by atoms with van der Waals surface area (Å²) in [5.74, 6) is 1.60. The van der Waals surface area contributed by atoms with Crippen molar-refractivity contribution in [2.75, 3.05) is 19.7 Å². The minimum atomic E-state index is 0.675. The monoisotopic (exact) mass is 272 g/mol. The zero-order valence-corrected chi connectivity index (χ0v) is 12.5. The molecule has 1 heterocycles. The first-order valence-corrected chi connectivity index (χ1v) is 7.57. The van der Waals surface area contributed by atoms with E-state index >= 15 is 0 Å². The van der Waals surface area contributed by atoms with Crippen LogP contribution < -0.4 is 4.74 Å². The minimum absolute atomic E-state index is 0.675. The lowest BCUT2D eigenvalue weighted by Crippen LogP contribution is -2.34. The number of rotatable bonds is 6. The summed E-state index contributed by atoms with van der Waals surface area (Å²) in [6, 6.07) is 10.2. The maximum absolute atomic E-state index is 8.74. The largest absolute Gasteiger partial charge is 0.494 e. The van der Waals surface area contributed by atoms with Gasteiger partial charge in [0.25, 0.3) is 0 Å². The van der Waals surface area contributed by atoms with Crippen molar-refractivity contribution in [2.45, 2.75) is 39.2 Å². The molecule has 0 bridgehead atoms. The minimum Gasteiger partial charge on any atom is -0.494 e. The standard InChI is InChI=1S/C17H24N2O/c1-14(2)17-5-3-10-19(17)11-4-12-20-16-8-6-15(13-18)7-9-16/h6-9,14,17H,3-5,10-12H2,1-2H3. The lowest BCUT2D eigenvalue weighted by molar-refractivity contribution is 0.188. The Morgan fingerprint density at radius 3 is 2.75 bits per heavy atom. The Morgan fingerprint density at radius 2 is 2.10 bits per heavy atom. The summed E-state index contributed by atoms with van der Waals surface area (Å²) in [6.07, 6.45) is 3.73. The summed E-state index contributed by atoms with van der Waals surface area (Å²) in [4.78, 5) is 2.60. The van der Waals surface area contributed by atoms with Crippen molar-refractivity contribution >= 4 is 0 Å². The Morgan fingerprint density at radius 1 is 1.35 bits per heavy atom. The summed E-state index contributed by atoms with van der Waals surface area (Å²) < 4.78 is 5.72. The molecule has 1 aliphatic heterocycles. The molecule has 0 N–H and O–H groups in total. The third-order valence-corrected chi connectivity index (χ3v) is 4.03. The molecule has 1 aliphatic rings. The fourth-order valence-corrected chi connectivity index (χ4v) is 2.97. The molecule has 0 radical (unpaired) electrons. The maximum Gasteiger partial charge on any atom is 0.119 e. The van der Waals surface area contributed by atoms with E-state index in [1.807, 2.05) is 12.1 Å². The molecular weight excluding hydrogens is 248 g/mol. The Labute approximate surface area is 122 Å². The Bertz CT molecular complexity index is 447. The van der Waals surface area contributed by atoms with Crippen LogP contribution in [0, 0.1) is 17.2 Å². The number of benzene rings is 1. The number of hydrogen-bond donors (Lipinski definition) is 0. The van der Waals surface area contributed by atoms with Gasteiger partial charge in [-0.05, 0) is 56.0 Å². The van der Waals surface area contributed by atoms with Crippen LogP contribution in [0.5, 0.6) is 5.75 Å². The predicted molar refractivity (Wildman–Crippen MR) is 80.7 cm³/mol. The van der Waals surface area contributed by atoms with Crippen molar-refractivity contribution in [3.8, 4) is 11.8 Å². The fourth-order valence-electron chi connectivity index (χ4n) is 2.97. The van der Waals surface area contributed by atoms with Crippen molar-refractivity contribution in [3.05, 3.63) is 29.8 Å². The highest BCUT2D eigenvalue weighted by molar-refractivity contribution is 5.34. The Kier molecular flexibility index (Phi) is 5.43. The summed E-state index contributed by atoms with van der Waals surface area (Å²) in [5, 5.41) is 8.74. The first-order chi connectivity index (χ1) is 9.70. The highest BCUT2D eigenvalue weighted by Crippen LogP contribution is 2.23. The van der Waals surface area contributed by atoms with E-state index in [1.165, 1.54) is 19.4 Å². The van der Waals surface area contributed by atoms with Gasteiger partial charge < -0.3 is 9.64 Å². The molecule has 108 valence electrons. The van der Waals surface area contributed by atoms with Gasteiger partial charge in [-0.2, -0.15) is 5.26 Å². The van der Waals surface area contributed by atoms with Crippen molar-refractivity contribution in [1.29, 1.82) is 5.26 Å².